The summed E-state index contributed by atoms with van der Waals surface area (Å²) in [6, 6.07) is 9.40. The van der Waals surface area contributed by atoms with Gasteiger partial charge in [0, 0.05) is 32.3 Å². The van der Waals surface area contributed by atoms with E-state index in [1.54, 1.807) is 11.0 Å². The molecule has 1 aliphatic heterocycles. The van der Waals surface area contributed by atoms with E-state index in [9.17, 15) is 18.0 Å². The molecule has 1 amide bonds. The number of alkyl halides is 3. The molecule has 7 heteroatoms. The highest BCUT2D eigenvalue weighted by atomic mass is 35.5. The molecule has 0 radical (unpaired) electrons. The lowest BCUT2D eigenvalue weighted by molar-refractivity contribution is -0.150. The fourth-order valence-electron chi connectivity index (χ4n) is 2.22. The van der Waals surface area contributed by atoms with Crippen LogP contribution in [0.15, 0.2) is 36.4 Å². The molecule has 3 nitrogen and oxygen atoms in total. The van der Waals surface area contributed by atoms with E-state index >= 15 is 0 Å². The van der Waals surface area contributed by atoms with Gasteiger partial charge in [0.15, 0.2) is 0 Å². The van der Waals surface area contributed by atoms with Crippen molar-refractivity contribution >= 4 is 24.4 Å². The molecule has 0 spiro atoms. The van der Waals surface area contributed by atoms with Crippen molar-refractivity contribution in [2.45, 2.75) is 6.18 Å². The molecule has 2 rings (SSSR count). The van der Waals surface area contributed by atoms with E-state index < -0.39 is 12.7 Å². The maximum absolute atomic E-state index is 12.3. The Bertz CT molecular complexity index is 497. The zero-order chi connectivity index (χ0) is 15.3. The Morgan fingerprint density at radius 1 is 1.09 bits per heavy atom. The van der Waals surface area contributed by atoms with Crippen molar-refractivity contribution < 1.29 is 18.0 Å². The molecule has 0 aromatic heterocycles. The molecule has 0 unspecified atom stereocenters. The van der Waals surface area contributed by atoms with Crippen LogP contribution in [-0.4, -0.2) is 54.6 Å². The molecule has 1 saturated heterocycles. The quantitative estimate of drug-likeness (QED) is 0.794. The van der Waals surface area contributed by atoms with Crippen molar-refractivity contribution in [2.75, 3.05) is 32.7 Å². The highest BCUT2D eigenvalue weighted by Crippen LogP contribution is 2.17. The number of halogens is 4. The second kappa shape index (κ2) is 8.19. The molecule has 0 saturated carbocycles. The van der Waals surface area contributed by atoms with Gasteiger partial charge in [0.1, 0.15) is 0 Å². The standard InChI is InChI=1S/C15H17F3N2O.ClH/c16-15(17,18)12-19-8-10-20(11-9-19)14(21)7-6-13-4-2-1-3-5-13;/h1-7H,8-12H2;1H. The van der Waals surface area contributed by atoms with Gasteiger partial charge in [-0.25, -0.2) is 0 Å². The summed E-state index contributed by atoms with van der Waals surface area (Å²) >= 11 is 0. The molecule has 1 aliphatic rings. The van der Waals surface area contributed by atoms with Crippen LogP contribution in [0.2, 0.25) is 0 Å². The van der Waals surface area contributed by atoms with Gasteiger partial charge in [-0.1, -0.05) is 30.3 Å². The Morgan fingerprint density at radius 3 is 2.23 bits per heavy atom. The first kappa shape index (κ1) is 18.5. The zero-order valence-corrected chi connectivity index (χ0v) is 12.7. The molecule has 1 aromatic carbocycles. The molecule has 1 aromatic rings. The van der Waals surface area contributed by atoms with Gasteiger partial charge in [0.05, 0.1) is 6.54 Å². The predicted molar refractivity (Wildman–Crippen MR) is 81.8 cm³/mol. The molecular formula is C15H18ClF3N2O. The van der Waals surface area contributed by atoms with Crippen molar-refractivity contribution in [3.05, 3.63) is 42.0 Å². The van der Waals surface area contributed by atoms with Crippen molar-refractivity contribution in [1.82, 2.24) is 9.80 Å². The van der Waals surface area contributed by atoms with Gasteiger partial charge in [-0.3, -0.25) is 9.69 Å². The average molecular weight is 335 g/mol. The van der Waals surface area contributed by atoms with Gasteiger partial charge in [0.2, 0.25) is 5.91 Å². The van der Waals surface area contributed by atoms with Crippen LogP contribution in [0, 0.1) is 0 Å². The number of carbonyl (C=O) groups excluding carboxylic acids is 1. The number of rotatable bonds is 3. The molecule has 0 bridgehead atoms. The fraction of sp³-hybridized carbons (Fsp3) is 0.400. The maximum Gasteiger partial charge on any atom is 0.401 e. The Kier molecular flexibility index (Phi) is 6.90. The van der Waals surface area contributed by atoms with E-state index in [0.29, 0.717) is 13.1 Å². The maximum atomic E-state index is 12.3. The van der Waals surface area contributed by atoms with E-state index in [-0.39, 0.29) is 31.4 Å². The van der Waals surface area contributed by atoms with E-state index in [2.05, 4.69) is 0 Å². The van der Waals surface area contributed by atoms with E-state index in [1.807, 2.05) is 30.3 Å². The van der Waals surface area contributed by atoms with Crippen LogP contribution in [0.3, 0.4) is 0 Å². The van der Waals surface area contributed by atoms with E-state index in [4.69, 9.17) is 0 Å². The molecule has 1 heterocycles. The van der Waals surface area contributed by atoms with Gasteiger partial charge < -0.3 is 4.90 Å². The lowest BCUT2D eigenvalue weighted by Crippen LogP contribution is -2.50. The first-order chi connectivity index (χ1) is 9.94. The van der Waals surface area contributed by atoms with Crippen LogP contribution in [0.25, 0.3) is 6.08 Å². The summed E-state index contributed by atoms with van der Waals surface area (Å²) in [5.74, 6) is -0.162. The predicted octanol–water partition coefficient (Wildman–Crippen LogP) is 2.83. The summed E-state index contributed by atoms with van der Waals surface area (Å²) < 4.78 is 36.8. The summed E-state index contributed by atoms with van der Waals surface area (Å²) in [4.78, 5) is 14.9. The van der Waals surface area contributed by atoms with Gasteiger partial charge in [-0.2, -0.15) is 13.2 Å². The Hall–Kier alpha value is -1.53. The Balaban J connectivity index is 0.00000242. The van der Waals surface area contributed by atoms with Gasteiger partial charge in [0.25, 0.3) is 0 Å². The van der Waals surface area contributed by atoms with Crippen LogP contribution < -0.4 is 0 Å². The monoisotopic (exact) mass is 334 g/mol. The summed E-state index contributed by atoms with van der Waals surface area (Å²) in [6.07, 6.45) is -1.00. The van der Waals surface area contributed by atoms with Crippen LogP contribution in [0.5, 0.6) is 0 Å². The normalized spacial score (nSPS) is 16.6. The van der Waals surface area contributed by atoms with Gasteiger partial charge >= 0.3 is 6.18 Å². The second-order valence-electron chi connectivity index (χ2n) is 4.96. The summed E-state index contributed by atoms with van der Waals surface area (Å²) in [7, 11) is 0. The second-order valence-corrected chi connectivity index (χ2v) is 4.96. The largest absolute Gasteiger partial charge is 0.401 e. The number of piperazine rings is 1. The van der Waals surface area contributed by atoms with Crippen LogP contribution in [0.1, 0.15) is 5.56 Å². The molecule has 0 atom stereocenters. The van der Waals surface area contributed by atoms with Crippen molar-refractivity contribution in [2.24, 2.45) is 0 Å². The molecular weight excluding hydrogens is 317 g/mol. The third kappa shape index (κ3) is 6.07. The van der Waals surface area contributed by atoms with Crippen molar-refractivity contribution in [3.63, 3.8) is 0 Å². The first-order valence-corrected chi connectivity index (χ1v) is 6.75. The minimum Gasteiger partial charge on any atom is -0.337 e. The summed E-state index contributed by atoms with van der Waals surface area (Å²) in [5, 5.41) is 0. The minimum atomic E-state index is -4.18. The number of hydrogen-bond donors (Lipinski definition) is 0. The van der Waals surface area contributed by atoms with Crippen LogP contribution in [0.4, 0.5) is 13.2 Å². The highest BCUT2D eigenvalue weighted by molar-refractivity contribution is 5.91. The Morgan fingerprint density at radius 2 is 1.68 bits per heavy atom. The zero-order valence-electron chi connectivity index (χ0n) is 11.9. The fourth-order valence-corrected chi connectivity index (χ4v) is 2.22. The number of benzene rings is 1. The minimum absolute atomic E-state index is 0. The smallest absolute Gasteiger partial charge is 0.337 e. The van der Waals surface area contributed by atoms with Gasteiger partial charge in [-0.15, -0.1) is 12.4 Å². The lowest BCUT2D eigenvalue weighted by atomic mass is 10.2. The number of hydrogen-bond acceptors (Lipinski definition) is 2. The average Bonchev–Trinajstić information content (AvgIpc) is 2.45. The summed E-state index contributed by atoms with van der Waals surface area (Å²) in [6.45, 7) is 0.256. The van der Waals surface area contributed by atoms with Crippen molar-refractivity contribution in [1.29, 1.82) is 0 Å². The SMILES string of the molecule is Cl.O=C(C=Cc1ccccc1)N1CCN(CC(F)(F)F)CC1. The van der Waals surface area contributed by atoms with Gasteiger partial charge in [-0.05, 0) is 11.6 Å². The van der Waals surface area contributed by atoms with Crippen LogP contribution >= 0.6 is 12.4 Å². The Labute approximate surface area is 133 Å². The lowest BCUT2D eigenvalue weighted by Gasteiger charge is -2.34. The molecule has 0 aliphatic carbocycles. The molecule has 22 heavy (non-hydrogen) atoms. The molecule has 0 N–H and O–H groups in total. The molecule has 122 valence electrons. The third-order valence-corrected chi connectivity index (χ3v) is 3.30. The van der Waals surface area contributed by atoms with E-state index in [1.165, 1.54) is 11.0 Å². The van der Waals surface area contributed by atoms with E-state index in [0.717, 1.165) is 5.56 Å². The topological polar surface area (TPSA) is 23.6 Å². The number of nitrogens with zero attached hydrogens (tertiary/aromatic N) is 2. The summed E-state index contributed by atoms with van der Waals surface area (Å²) in [5.41, 5.74) is 0.918. The highest BCUT2D eigenvalue weighted by Gasteiger charge is 2.32. The van der Waals surface area contributed by atoms with Crippen molar-refractivity contribution in [3.8, 4) is 0 Å². The first-order valence-electron chi connectivity index (χ1n) is 6.75. The number of amides is 1. The molecule has 1 fully saturated rings. The van der Waals surface area contributed by atoms with Crippen LogP contribution in [-0.2, 0) is 4.79 Å². The number of carbonyl (C=O) groups is 1. The third-order valence-electron chi connectivity index (χ3n) is 3.30.